The second-order valence-corrected chi connectivity index (χ2v) is 8.82. The number of aliphatic hydroxyl groups is 1. The van der Waals surface area contributed by atoms with Crippen molar-refractivity contribution < 1.29 is 33.6 Å². The molecule has 2 nitrogen and oxygen atoms in total. The maximum absolute atomic E-state index is 9.24. The first kappa shape index (κ1) is 29.8. The van der Waals surface area contributed by atoms with Gasteiger partial charge in [0.05, 0.1) is 26.7 Å². The molecule has 0 unspecified atom stereocenters. The van der Waals surface area contributed by atoms with Gasteiger partial charge in [-0.15, -0.1) is 0 Å². The molecule has 0 aliphatic carbocycles. The molecule has 0 radical (unpaired) electrons. The average molecular weight is 498 g/mol. The van der Waals surface area contributed by atoms with Crippen molar-refractivity contribution in [2.75, 3.05) is 33.3 Å². The van der Waals surface area contributed by atoms with E-state index in [4.69, 9.17) is 0 Å². The van der Waals surface area contributed by atoms with E-state index in [2.05, 4.69) is 20.9 Å². The number of hydrogen-bond donors (Lipinski definition) is 1. The highest BCUT2D eigenvalue weighted by Crippen LogP contribution is 2.15. The Morgan fingerprint density at radius 1 is 0.481 bits per heavy atom. The minimum absolute atomic E-state index is 0. The lowest BCUT2D eigenvalue weighted by Gasteiger charge is -2.35. The van der Waals surface area contributed by atoms with Gasteiger partial charge in [0.2, 0.25) is 0 Å². The standard InChI is InChI=1S/C24H52NO.HI/c1-4-6-8-10-12-14-16-18-21-25(3,23-20-24-26)22-19-17-15-13-11-9-7-5-2;/h26H,4-24H2,1-3H3;1H/q+1;/p-1. The Kier molecular flexibility index (Phi) is 25.4. The molecule has 0 bridgehead atoms. The van der Waals surface area contributed by atoms with Crippen molar-refractivity contribution >= 4 is 0 Å². The summed E-state index contributed by atoms with van der Waals surface area (Å²) >= 11 is 0. The lowest BCUT2D eigenvalue weighted by atomic mass is 10.1. The third-order valence-electron chi connectivity index (χ3n) is 5.96. The molecule has 27 heavy (non-hydrogen) atoms. The lowest BCUT2D eigenvalue weighted by molar-refractivity contribution is -0.910. The molecule has 1 N–H and O–H groups in total. The highest BCUT2D eigenvalue weighted by atomic mass is 127. The van der Waals surface area contributed by atoms with E-state index in [0.717, 1.165) is 13.0 Å². The normalized spacial score (nSPS) is 11.6. The van der Waals surface area contributed by atoms with Gasteiger partial charge < -0.3 is 33.6 Å². The minimum Gasteiger partial charge on any atom is -1.00 e. The Morgan fingerprint density at radius 3 is 1.11 bits per heavy atom. The predicted octanol–water partition coefficient (Wildman–Crippen LogP) is 4.10. The molecule has 0 atom stereocenters. The van der Waals surface area contributed by atoms with E-state index in [-0.39, 0.29) is 24.0 Å². The molecule has 0 aromatic heterocycles. The van der Waals surface area contributed by atoms with Crippen LogP contribution in [-0.2, 0) is 0 Å². The Bertz CT molecular complexity index is 253. The van der Waals surface area contributed by atoms with Crippen LogP contribution in [0.3, 0.4) is 0 Å². The van der Waals surface area contributed by atoms with E-state index in [1.807, 2.05) is 0 Å². The van der Waals surface area contributed by atoms with Crippen LogP contribution < -0.4 is 24.0 Å². The molecular weight excluding hydrogens is 445 g/mol. The lowest BCUT2D eigenvalue weighted by Crippen LogP contribution is -3.00. The number of unbranched alkanes of at least 4 members (excludes halogenated alkanes) is 14. The molecule has 0 spiro atoms. The monoisotopic (exact) mass is 497 g/mol. The quantitative estimate of drug-likeness (QED) is 0.144. The van der Waals surface area contributed by atoms with Gasteiger partial charge in [-0.2, -0.15) is 0 Å². The fourth-order valence-corrected chi connectivity index (χ4v) is 4.04. The van der Waals surface area contributed by atoms with Gasteiger partial charge in [0.15, 0.2) is 0 Å². The summed E-state index contributed by atoms with van der Waals surface area (Å²) in [5.74, 6) is 0. The van der Waals surface area contributed by atoms with E-state index < -0.39 is 0 Å². The topological polar surface area (TPSA) is 20.2 Å². The van der Waals surface area contributed by atoms with Gasteiger partial charge in [-0.05, 0) is 25.7 Å². The third kappa shape index (κ3) is 21.2. The van der Waals surface area contributed by atoms with Crippen LogP contribution in [0.2, 0.25) is 0 Å². The summed E-state index contributed by atoms with van der Waals surface area (Å²) in [7, 11) is 2.43. The molecule has 166 valence electrons. The number of quaternary nitrogens is 1. The SMILES string of the molecule is CCCCCCCCCC[N+](C)(CCCO)CCCCCCCCCC.[I-]. The fourth-order valence-electron chi connectivity index (χ4n) is 4.04. The van der Waals surface area contributed by atoms with Crippen LogP contribution in [0.5, 0.6) is 0 Å². The Morgan fingerprint density at radius 2 is 0.778 bits per heavy atom. The van der Waals surface area contributed by atoms with Crippen LogP contribution in [0.25, 0.3) is 0 Å². The van der Waals surface area contributed by atoms with Crippen LogP contribution >= 0.6 is 0 Å². The molecule has 0 rings (SSSR count). The van der Waals surface area contributed by atoms with Crippen molar-refractivity contribution in [3.63, 3.8) is 0 Å². The fraction of sp³-hybridized carbons (Fsp3) is 1.00. The highest BCUT2D eigenvalue weighted by Gasteiger charge is 2.19. The molecule has 3 heteroatoms. The Labute approximate surface area is 189 Å². The summed E-state index contributed by atoms with van der Waals surface area (Å²) in [6.07, 6.45) is 23.4. The molecule has 0 saturated carbocycles. The van der Waals surface area contributed by atoms with Gasteiger partial charge in [-0.1, -0.05) is 90.9 Å². The molecule has 0 aromatic rings. The van der Waals surface area contributed by atoms with Crippen molar-refractivity contribution in [2.45, 2.75) is 123 Å². The second kappa shape index (κ2) is 22.9. The van der Waals surface area contributed by atoms with E-state index in [0.29, 0.717) is 6.61 Å². The van der Waals surface area contributed by atoms with Crippen LogP contribution in [0, 0.1) is 0 Å². The molecule has 0 saturated heterocycles. The van der Waals surface area contributed by atoms with Gasteiger partial charge in [-0.25, -0.2) is 0 Å². The van der Waals surface area contributed by atoms with E-state index in [1.165, 1.54) is 120 Å². The minimum atomic E-state index is 0. The number of nitrogens with zero attached hydrogens (tertiary/aromatic N) is 1. The molecular formula is C24H52INO. The van der Waals surface area contributed by atoms with E-state index in [1.54, 1.807) is 0 Å². The van der Waals surface area contributed by atoms with Gasteiger partial charge in [0, 0.05) is 13.0 Å². The van der Waals surface area contributed by atoms with Crippen LogP contribution in [0.15, 0.2) is 0 Å². The third-order valence-corrected chi connectivity index (χ3v) is 5.96. The van der Waals surface area contributed by atoms with Crippen LogP contribution in [-0.4, -0.2) is 42.9 Å². The molecule has 0 aliphatic heterocycles. The summed E-state index contributed by atoms with van der Waals surface area (Å²) in [6.45, 7) is 8.71. The zero-order valence-corrected chi connectivity index (χ0v) is 21.3. The van der Waals surface area contributed by atoms with Gasteiger partial charge in [0.1, 0.15) is 0 Å². The summed E-state index contributed by atoms with van der Waals surface area (Å²) in [5, 5.41) is 9.24. The van der Waals surface area contributed by atoms with Crippen molar-refractivity contribution in [3.05, 3.63) is 0 Å². The Balaban J connectivity index is 0. The van der Waals surface area contributed by atoms with Gasteiger partial charge in [-0.3, -0.25) is 0 Å². The molecule has 0 fully saturated rings. The summed E-state index contributed by atoms with van der Waals surface area (Å²) in [5.41, 5.74) is 0. The molecule has 0 amide bonds. The van der Waals surface area contributed by atoms with E-state index >= 15 is 0 Å². The molecule has 0 aliphatic rings. The van der Waals surface area contributed by atoms with Crippen LogP contribution in [0.1, 0.15) is 123 Å². The van der Waals surface area contributed by atoms with Gasteiger partial charge >= 0.3 is 0 Å². The van der Waals surface area contributed by atoms with Crippen molar-refractivity contribution in [2.24, 2.45) is 0 Å². The van der Waals surface area contributed by atoms with Crippen molar-refractivity contribution in [1.82, 2.24) is 0 Å². The number of rotatable bonds is 21. The number of halogens is 1. The first-order valence-electron chi connectivity index (χ1n) is 12.1. The highest BCUT2D eigenvalue weighted by molar-refractivity contribution is 4.50. The van der Waals surface area contributed by atoms with E-state index in [9.17, 15) is 5.11 Å². The number of aliphatic hydroxyl groups excluding tert-OH is 1. The van der Waals surface area contributed by atoms with Crippen molar-refractivity contribution in [1.29, 1.82) is 0 Å². The first-order chi connectivity index (χ1) is 12.7. The second-order valence-electron chi connectivity index (χ2n) is 8.82. The maximum atomic E-state index is 9.24. The average Bonchev–Trinajstić information content (AvgIpc) is 2.64. The predicted molar refractivity (Wildman–Crippen MR) is 118 cm³/mol. The van der Waals surface area contributed by atoms with Crippen molar-refractivity contribution in [3.8, 4) is 0 Å². The summed E-state index contributed by atoms with van der Waals surface area (Å²) in [6, 6.07) is 0. The number of hydrogen-bond acceptors (Lipinski definition) is 1. The summed E-state index contributed by atoms with van der Waals surface area (Å²) in [4.78, 5) is 0. The van der Waals surface area contributed by atoms with Crippen LogP contribution in [0.4, 0.5) is 0 Å². The smallest absolute Gasteiger partial charge is 0.0806 e. The maximum Gasteiger partial charge on any atom is 0.0806 e. The molecule has 0 heterocycles. The largest absolute Gasteiger partial charge is 1.00 e. The zero-order chi connectivity index (χ0) is 19.3. The van der Waals surface area contributed by atoms with Gasteiger partial charge in [0.25, 0.3) is 0 Å². The summed E-state index contributed by atoms with van der Waals surface area (Å²) < 4.78 is 1.19. The Hall–Kier alpha value is 0.650. The molecule has 0 aromatic carbocycles. The zero-order valence-electron chi connectivity index (χ0n) is 19.1. The first-order valence-corrected chi connectivity index (χ1v) is 12.1.